The van der Waals surface area contributed by atoms with Crippen molar-refractivity contribution in [1.82, 2.24) is 29.9 Å². The molecule has 0 saturated carbocycles. The third-order valence-electron chi connectivity index (χ3n) is 10.9. The molecule has 0 saturated heterocycles. The van der Waals surface area contributed by atoms with E-state index in [2.05, 4.69) is 72.8 Å². The summed E-state index contributed by atoms with van der Waals surface area (Å²) in [7, 11) is 0. The first-order chi connectivity index (χ1) is 30.7. The van der Waals surface area contributed by atoms with Gasteiger partial charge in [-0.05, 0) is 64.4 Å². The average molecular weight is 796 g/mol. The van der Waals surface area contributed by atoms with Gasteiger partial charge in [-0.1, -0.05) is 182 Å². The predicted molar refractivity (Wildman–Crippen MR) is 248 cm³/mol. The summed E-state index contributed by atoms with van der Waals surface area (Å²) in [4.78, 5) is 29.7. The minimum Gasteiger partial charge on any atom is -0.208 e. The zero-order valence-electron chi connectivity index (χ0n) is 33.6. The SMILES string of the molecule is N#Cc1ccc(-c2cccc(-c3nc(C4=CCCC=C4)nc(-c4ccccc4)n3)c2)c(-c2ccccc2-c2ccc(-c3nc(-c4ccccc4)nc(-c4ccccc4)n3)cc2)c1. The van der Waals surface area contributed by atoms with Crippen LogP contribution in [0.2, 0.25) is 0 Å². The topological polar surface area (TPSA) is 101 Å². The van der Waals surface area contributed by atoms with Gasteiger partial charge in [0.1, 0.15) is 0 Å². The third kappa shape index (κ3) is 7.84. The quantitative estimate of drug-likeness (QED) is 0.143. The lowest BCUT2D eigenvalue weighted by molar-refractivity contribution is 1.01. The van der Waals surface area contributed by atoms with Crippen molar-refractivity contribution in [2.24, 2.45) is 0 Å². The molecule has 7 heteroatoms. The molecule has 0 amide bonds. The fourth-order valence-corrected chi connectivity index (χ4v) is 7.75. The van der Waals surface area contributed by atoms with Crippen molar-refractivity contribution in [2.75, 3.05) is 0 Å². The van der Waals surface area contributed by atoms with Crippen LogP contribution in [0.5, 0.6) is 0 Å². The summed E-state index contributed by atoms with van der Waals surface area (Å²) in [6, 6.07) is 63.2. The molecule has 0 bridgehead atoms. The maximum atomic E-state index is 10.1. The Morgan fingerprint density at radius 2 is 0.790 bits per heavy atom. The van der Waals surface area contributed by atoms with Crippen LogP contribution in [-0.2, 0) is 0 Å². The van der Waals surface area contributed by atoms with Crippen LogP contribution in [-0.4, -0.2) is 29.9 Å². The van der Waals surface area contributed by atoms with Gasteiger partial charge in [-0.15, -0.1) is 0 Å². The minimum absolute atomic E-state index is 0.576. The Balaban J connectivity index is 1.04. The van der Waals surface area contributed by atoms with Crippen molar-refractivity contribution in [2.45, 2.75) is 12.8 Å². The first kappa shape index (κ1) is 37.8. The lowest BCUT2D eigenvalue weighted by Crippen LogP contribution is -2.03. The van der Waals surface area contributed by atoms with Crippen LogP contribution in [0.15, 0.2) is 200 Å². The molecule has 10 rings (SSSR count). The van der Waals surface area contributed by atoms with E-state index in [1.54, 1.807) is 0 Å². The summed E-state index contributed by atoms with van der Waals surface area (Å²) in [6.07, 6.45) is 8.40. The summed E-state index contributed by atoms with van der Waals surface area (Å²) < 4.78 is 0. The van der Waals surface area contributed by atoms with E-state index in [9.17, 15) is 5.26 Å². The standard InChI is InChI=1S/C55H37N7/c56-36-37-28-33-47(44-24-15-25-45(35-44)55-61-52(41-20-9-3-10-21-41)58-53(62-55)42-22-11-4-12-23-42)49(34-37)48-27-14-13-26-46(48)38-29-31-43(32-30-38)54-59-50(39-16-5-1-6-17-39)57-51(60-54)40-18-7-2-8-19-40/h1-3,5-11,13-35H,4,12H2. The number of hydrogen-bond donors (Lipinski definition) is 0. The van der Waals surface area contributed by atoms with Crippen LogP contribution in [0.4, 0.5) is 0 Å². The van der Waals surface area contributed by atoms with E-state index in [0.717, 1.165) is 79.6 Å². The number of nitrogens with zero attached hydrogens (tertiary/aromatic N) is 7. The van der Waals surface area contributed by atoms with Crippen LogP contribution < -0.4 is 0 Å². The van der Waals surface area contributed by atoms with Crippen molar-refractivity contribution in [3.8, 4) is 96.4 Å². The highest BCUT2D eigenvalue weighted by Crippen LogP contribution is 2.40. The predicted octanol–water partition coefficient (Wildman–Crippen LogP) is 13.0. The lowest BCUT2D eigenvalue weighted by Gasteiger charge is -2.16. The van der Waals surface area contributed by atoms with E-state index < -0.39 is 0 Å². The van der Waals surface area contributed by atoms with Gasteiger partial charge >= 0.3 is 0 Å². The van der Waals surface area contributed by atoms with Gasteiger partial charge in [0.05, 0.1) is 11.6 Å². The number of benzene rings is 7. The van der Waals surface area contributed by atoms with Crippen LogP contribution >= 0.6 is 0 Å². The Labute approximate surface area is 360 Å². The van der Waals surface area contributed by atoms with Gasteiger partial charge in [0.25, 0.3) is 0 Å². The Bertz CT molecular complexity index is 3110. The first-order valence-electron chi connectivity index (χ1n) is 20.6. The van der Waals surface area contributed by atoms with Gasteiger partial charge in [-0.2, -0.15) is 5.26 Å². The van der Waals surface area contributed by atoms with E-state index in [0.29, 0.717) is 40.5 Å². The number of nitriles is 1. The second kappa shape index (κ2) is 17.0. The fraction of sp³-hybridized carbons (Fsp3) is 0.0364. The number of rotatable bonds is 9. The van der Waals surface area contributed by atoms with Crippen molar-refractivity contribution in [1.29, 1.82) is 5.26 Å². The highest BCUT2D eigenvalue weighted by Gasteiger charge is 2.18. The van der Waals surface area contributed by atoms with E-state index in [1.165, 1.54) is 0 Å². The second-order valence-corrected chi connectivity index (χ2v) is 14.9. The second-order valence-electron chi connectivity index (χ2n) is 14.9. The molecule has 0 unspecified atom stereocenters. The monoisotopic (exact) mass is 795 g/mol. The van der Waals surface area contributed by atoms with Gasteiger partial charge in [0.2, 0.25) is 0 Å². The van der Waals surface area contributed by atoms with Gasteiger partial charge in [-0.25, -0.2) is 29.9 Å². The molecule has 7 aromatic carbocycles. The van der Waals surface area contributed by atoms with E-state index in [1.807, 2.05) is 133 Å². The molecular formula is C55H37N7. The average Bonchev–Trinajstić information content (AvgIpc) is 3.37. The molecule has 0 N–H and O–H groups in total. The van der Waals surface area contributed by atoms with Crippen LogP contribution in [0.25, 0.3) is 95.9 Å². The zero-order valence-corrected chi connectivity index (χ0v) is 33.6. The van der Waals surface area contributed by atoms with Crippen molar-refractivity contribution in [3.63, 3.8) is 0 Å². The Morgan fingerprint density at radius 1 is 0.339 bits per heavy atom. The molecule has 2 heterocycles. The highest BCUT2D eigenvalue weighted by molar-refractivity contribution is 5.93. The minimum atomic E-state index is 0.576. The maximum absolute atomic E-state index is 10.1. The van der Waals surface area contributed by atoms with Gasteiger partial charge in [0, 0.05) is 33.4 Å². The molecule has 1 aliphatic rings. The Hall–Kier alpha value is -8.47. The zero-order chi connectivity index (χ0) is 41.7. The first-order valence-corrected chi connectivity index (χ1v) is 20.6. The van der Waals surface area contributed by atoms with Gasteiger partial charge in [-0.3, -0.25) is 0 Å². The molecule has 0 atom stereocenters. The molecule has 9 aromatic rings. The fourth-order valence-electron chi connectivity index (χ4n) is 7.75. The largest absolute Gasteiger partial charge is 0.208 e. The van der Waals surface area contributed by atoms with E-state index >= 15 is 0 Å². The molecule has 62 heavy (non-hydrogen) atoms. The molecular weight excluding hydrogens is 759 g/mol. The van der Waals surface area contributed by atoms with Crippen LogP contribution in [0, 0.1) is 11.3 Å². The molecule has 0 spiro atoms. The summed E-state index contributed by atoms with van der Waals surface area (Å²) in [6.45, 7) is 0. The van der Waals surface area contributed by atoms with Gasteiger partial charge < -0.3 is 0 Å². The lowest BCUT2D eigenvalue weighted by atomic mass is 9.88. The smallest absolute Gasteiger partial charge is 0.164 e. The summed E-state index contributed by atoms with van der Waals surface area (Å²) in [5.74, 6) is 3.69. The summed E-state index contributed by atoms with van der Waals surface area (Å²) >= 11 is 0. The Kier molecular flexibility index (Phi) is 10.4. The number of allylic oxidation sites excluding steroid dienone is 4. The molecule has 1 aliphatic carbocycles. The number of hydrogen-bond acceptors (Lipinski definition) is 7. The van der Waals surface area contributed by atoms with Crippen molar-refractivity contribution in [3.05, 3.63) is 212 Å². The summed E-state index contributed by atoms with van der Waals surface area (Å²) in [5, 5.41) is 10.1. The van der Waals surface area contributed by atoms with Crippen molar-refractivity contribution < 1.29 is 0 Å². The summed E-state index contributed by atoms with van der Waals surface area (Å²) in [5.41, 5.74) is 12.0. The molecule has 7 nitrogen and oxygen atoms in total. The molecule has 0 radical (unpaired) electrons. The Morgan fingerprint density at radius 3 is 1.34 bits per heavy atom. The van der Waals surface area contributed by atoms with E-state index in [-0.39, 0.29) is 0 Å². The van der Waals surface area contributed by atoms with Gasteiger partial charge in [0.15, 0.2) is 34.9 Å². The van der Waals surface area contributed by atoms with Crippen LogP contribution in [0.1, 0.15) is 24.2 Å². The third-order valence-corrected chi connectivity index (χ3v) is 10.9. The molecule has 2 aromatic heterocycles. The normalized spacial score (nSPS) is 12.1. The molecule has 292 valence electrons. The van der Waals surface area contributed by atoms with E-state index in [4.69, 9.17) is 29.9 Å². The molecule has 0 aliphatic heterocycles. The highest BCUT2D eigenvalue weighted by atomic mass is 15.0. The number of aromatic nitrogens is 6. The van der Waals surface area contributed by atoms with Crippen LogP contribution in [0.3, 0.4) is 0 Å². The van der Waals surface area contributed by atoms with Crippen molar-refractivity contribution >= 4 is 5.57 Å². The maximum Gasteiger partial charge on any atom is 0.164 e. The molecule has 0 fully saturated rings.